The number of morpholine rings is 1. The van der Waals surface area contributed by atoms with Gasteiger partial charge in [-0.3, -0.25) is 4.90 Å². The van der Waals surface area contributed by atoms with E-state index in [2.05, 4.69) is 38.3 Å². The quantitative estimate of drug-likeness (QED) is 0.668. The number of fused-ring (bicyclic) bond motifs is 1. The standard InChI is InChI=1S/C24H28N4O4/c29-24(15-31-16-24)19-3-1-17(2-4-19)18-13-21-23(26-32-25-21)22(14-18)28-7-5-20(6-8-28)27-9-11-30-12-10-27/h1-4,13-14,20,29H,5-12,15-16H2. The fourth-order valence-corrected chi connectivity index (χ4v) is 5.13. The summed E-state index contributed by atoms with van der Waals surface area (Å²) < 4.78 is 15.8. The number of aliphatic hydroxyl groups is 1. The summed E-state index contributed by atoms with van der Waals surface area (Å²) in [6.07, 6.45) is 2.26. The van der Waals surface area contributed by atoms with E-state index in [-0.39, 0.29) is 0 Å². The van der Waals surface area contributed by atoms with Gasteiger partial charge in [0.1, 0.15) is 11.1 Å². The Bertz CT molecular complexity index is 1080. The minimum Gasteiger partial charge on any atom is -0.380 e. The molecular formula is C24H28N4O4. The molecule has 4 heterocycles. The van der Waals surface area contributed by atoms with Gasteiger partial charge in [-0.1, -0.05) is 24.3 Å². The number of aromatic nitrogens is 2. The number of nitrogens with zero attached hydrogens (tertiary/aromatic N) is 4. The van der Waals surface area contributed by atoms with Gasteiger partial charge in [0.2, 0.25) is 0 Å². The van der Waals surface area contributed by atoms with Crippen LogP contribution in [0.1, 0.15) is 18.4 Å². The van der Waals surface area contributed by atoms with Crippen LogP contribution in [-0.2, 0) is 15.1 Å². The highest BCUT2D eigenvalue weighted by Gasteiger charge is 2.37. The zero-order valence-electron chi connectivity index (χ0n) is 18.1. The Hall–Kier alpha value is -2.52. The van der Waals surface area contributed by atoms with Gasteiger partial charge in [-0.05, 0) is 52.0 Å². The van der Waals surface area contributed by atoms with Crippen LogP contribution >= 0.6 is 0 Å². The molecule has 8 heteroatoms. The molecule has 3 aromatic rings. The second-order valence-electron chi connectivity index (χ2n) is 9.10. The molecule has 0 spiro atoms. The van der Waals surface area contributed by atoms with Crippen molar-refractivity contribution in [2.45, 2.75) is 24.5 Å². The number of ether oxygens (including phenoxy) is 2. The summed E-state index contributed by atoms with van der Waals surface area (Å²) in [5.41, 5.74) is 4.85. The normalized spacial score (nSPS) is 22.2. The zero-order valence-corrected chi connectivity index (χ0v) is 18.1. The molecule has 3 aliphatic rings. The number of piperidine rings is 1. The second kappa shape index (κ2) is 8.12. The van der Waals surface area contributed by atoms with Gasteiger partial charge in [0.05, 0.1) is 32.1 Å². The van der Waals surface area contributed by atoms with Crippen LogP contribution in [0.4, 0.5) is 5.69 Å². The van der Waals surface area contributed by atoms with Crippen molar-refractivity contribution in [1.82, 2.24) is 15.2 Å². The maximum absolute atomic E-state index is 10.5. The number of hydrogen-bond acceptors (Lipinski definition) is 8. The summed E-state index contributed by atoms with van der Waals surface area (Å²) in [5, 5.41) is 18.9. The molecule has 3 fully saturated rings. The molecule has 0 unspecified atom stereocenters. The molecule has 2 aromatic carbocycles. The fraction of sp³-hybridized carbons (Fsp3) is 0.500. The lowest BCUT2D eigenvalue weighted by molar-refractivity contribution is -0.184. The lowest BCUT2D eigenvalue weighted by atomic mass is 9.90. The Balaban J connectivity index is 1.25. The molecule has 1 aromatic heterocycles. The van der Waals surface area contributed by atoms with Gasteiger partial charge in [-0.15, -0.1) is 0 Å². The average molecular weight is 437 g/mol. The van der Waals surface area contributed by atoms with E-state index in [1.165, 1.54) is 0 Å². The third kappa shape index (κ3) is 3.57. The fourth-order valence-electron chi connectivity index (χ4n) is 5.13. The summed E-state index contributed by atoms with van der Waals surface area (Å²) in [6, 6.07) is 12.9. The van der Waals surface area contributed by atoms with Gasteiger partial charge in [-0.2, -0.15) is 0 Å². The van der Waals surface area contributed by atoms with Gasteiger partial charge >= 0.3 is 0 Å². The van der Waals surface area contributed by atoms with Crippen molar-refractivity contribution >= 4 is 16.7 Å². The van der Waals surface area contributed by atoms with Gasteiger partial charge in [0, 0.05) is 32.2 Å². The highest BCUT2D eigenvalue weighted by Crippen LogP contribution is 2.35. The molecule has 3 aliphatic heterocycles. The highest BCUT2D eigenvalue weighted by atomic mass is 16.6. The van der Waals surface area contributed by atoms with Gasteiger partial charge in [-0.25, -0.2) is 4.63 Å². The Labute approximate surface area is 186 Å². The maximum atomic E-state index is 10.5. The predicted octanol–water partition coefficient (Wildman–Crippen LogP) is 2.41. The Morgan fingerprint density at radius 1 is 0.875 bits per heavy atom. The average Bonchev–Trinajstić information content (AvgIpc) is 3.32. The molecule has 168 valence electrons. The molecule has 1 N–H and O–H groups in total. The van der Waals surface area contributed by atoms with E-state index in [0.717, 1.165) is 85.6 Å². The minimum absolute atomic E-state index is 0.355. The van der Waals surface area contributed by atoms with Crippen molar-refractivity contribution in [3.8, 4) is 11.1 Å². The molecule has 0 amide bonds. The number of hydrogen-bond donors (Lipinski definition) is 1. The van der Waals surface area contributed by atoms with E-state index in [1.807, 2.05) is 18.2 Å². The van der Waals surface area contributed by atoms with Crippen LogP contribution in [0.3, 0.4) is 0 Å². The van der Waals surface area contributed by atoms with Gasteiger partial charge in [0.25, 0.3) is 0 Å². The monoisotopic (exact) mass is 436 g/mol. The van der Waals surface area contributed by atoms with Crippen LogP contribution in [0.5, 0.6) is 0 Å². The first-order valence-corrected chi connectivity index (χ1v) is 11.4. The first kappa shape index (κ1) is 20.1. The highest BCUT2D eigenvalue weighted by molar-refractivity contribution is 5.92. The lowest BCUT2D eigenvalue weighted by Gasteiger charge is -2.40. The van der Waals surface area contributed by atoms with Crippen LogP contribution < -0.4 is 4.90 Å². The third-order valence-electron chi connectivity index (χ3n) is 7.15. The van der Waals surface area contributed by atoms with E-state index in [4.69, 9.17) is 14.1 Å². The summed E-state index contributed by atoms with van der Waals surface area (Å²) in [5.74, 6) is 0. The first-order valence-electron chi connectivity index (χ1n) is 11.4. The van der Waals surface area contributed by atoms with Crippen molar-refractivity contribution in [3.63, 3.8) is 0 Å². The van der Waals surface area contributed by atoms with Gasteiger partial charge < -0.3 is 19.5 Å². The predicted molar refractivity (Wildman–Crippen MR) is 120 cm³/mol. The van der Waals surface area contributed by atoms with E-state index < -0.39 is 5.60 Å². The second-order valence-corrected chi connectivity index (χ2v) is 9.10. The first-order chi connectivity index (χ1) is 15.7. The Kier molecular flexibility index (Phi) is 5.10. The minimum atomic E-state index is -0.853. The Morgan fingerprint density at radius 3 is 2.31 bits per heavy atom. The summed E-state index contributed by atoms with van der Waals surface area (Å²) in [4.78, 5) is 4.99. The molecule has 32 heavy (non-hydrogen) atoms. The number of anilines is 1. The number of rotatable bonds is 4. The summed E-state index contributed by atoms with van der Waals surface area (Å²) in [7, 11) is 0. The van der Waals surface area contributed by atoms with Crippen LogP contribution in [0, 0.1) is 0 Å². The van der Waals surface area contributed by atoms with E-state index in [0.29, 0.717) is 19.3 Å². The largest absolute Gasteiger partial charge is 0.380 e. The molecule has 3 saturated heterocycles. The molecule has 0 bridgehead atoms. The zero-order chi connectivity index (χ0) is 21.5. The van der Waals surface area contributed by atoms with Crippen LogP contribution in [-0.4, -0.2) is 79.0 Å². The lowest BCUT2D eigenvalue weighted by Crippen LogP contribution is -2.49. The van der Waals surface area contributed by atoms with Crippen molar-refractivity contribution in [2.24, 2.45) is 0 Å². The molecule has 8 nitrogen and oxygen atoms in total. The summed E-state index contributed by atoms with van der Waals surface area (Å²) in [6.45, 7) is 6.44. The van der Waals surface area contributed by atoms with Crippen molar-refractivity contribution < 1.29 is 19.2 Å². The third-order valence-corrected chi connectivity index (χ3v) is 7.15. The van der Waals surface area contributed by atoms with Crippen molar-refractivity contribution in [2.75, 3.05) is 57.5 Å². The van der Waals surface area contributed by atoms with Crippen LogP contribution in [0.15, 0.2) is 41.0 Å². The van der Waals surface area contributed by atoms with Crippen LogP contribution in [0.25, 0.3) is 22.2 Å². The molecule has 0 atom stereocenters. The molecular weight excluding hydrogens is 408 g/mol. The molecule has 0 radical (unpaired) electrons. The van der Waals surface area contributed by atoms with E-state index >= 15 is 0 Å². The smallest absolute Gasteiger partial charge is 0.158 e. The molecule has 0 aliphatic carbocycles. The van der Waals surface area contributed by atoms with Crippen molar-refractivity contribution in [1.29, 1.82) is 0 Å². The van der Waals surface area contributed by atoms with Gasteiger partial charge in [0.15, 0.2) is 5.52 Å². The maximum Gasteiger partial charge on any atom is 0.158 e. The van der Waals surface area contributed by atoms with Crippen molar-refractivity contribution in [3.05, 3.63) is 42.0 Å². The number of benzene rings is 2. The summed E-state index contributed by atoms with van der Waals surface area (Å²) >= 11 is 0. The Morgan fingerprint density at radius 2 is 1.62 bits per heavy atom. The SMILES string of the molecule is OC1(c2ccc(-c3cc(N4CCC(N5CCOCC5)CC4)c4nonc4c3)cc2)COC1. The van der Waals surface area contributed by atoms with E-state index in [1.54, 1.807) is 0 Å². The van der Waals surface area contributed by atoms with Crippen LogP contribution in [0.2, 0.25) is 0 Å². The molecule has 0 saturated carbocycles. The molecule has 6 rings (SSSR count). The van der Waals surface area contributed by atoms with E-state index in [9.17, 15) is 5.11 Å². The topological polar surface area (TPSA) is 84.1 Å².